The second-order valence-corrected chi connectivity index (χ2v) is 23.6. The second-order valence-electron chi connectivity index (χ2n) is 23.6. The number of carbonyl (C=O) groups is 1. The van der Waals surface area contributed by atoms with Crippen molar-refractivity contribution in [1.82, 2.24) is 4.90 Å². The highest BCUT2D eigenvalue weighted by atomic mass is 16.3. The smallest absolute Gasteiger partial charge is 0.223 e. The maximum absolute atomic E-state index is 14.7. The Morgan fingerprint density at radius 3 is 1.15 bits per heavy atom. The topological polar surface area (TPSA) is 60.8 Å². The third kappa shape index (κ3) is 17.5. The second kappa shape index (κ2) is 24.5. The van der Waals surface area contributed by atoms with Gasteiger partial charge in [-0.25, -0.2) is 0 Å². The molecule has 0 aliphatic heterocycles. The lowest BCUT2D eigenvalue weighted by Crippen LogP contribution is -2.48. The Morgan fingerprint density at radius 1 is 0.525 bits per heavy atom. The van der Waals surface area contributed by atoms with Crippen molar-refractivity contribution in [2.75, 3.05) is 0 Å². The maximum Gasteiger partial charge on any atom is 0.223 e. The number of rotatable bonds is 24. The quantitative estimate of drug-likeness (QED) is 0.104. The molecule has 0 radical (unpaired) electrons. The van der Waals surface area contributed by atoms with Crippen LogP contribution < -0.4 is 0 Å². The van der Waals surface area contributed by atoms with E-state index in [1.807, 2.05) is 0 Å². The van der Waals surface area contributed by atoms with Gasteiger partial charge in [0.1, 0.15) is 11.5 Å². The molecule has 1 fully saturated rings. The molecule has 2 N–H and O–H groups in total. The molecule has 4 heteroatoms. The van der Waals surface area contributed by atoms with E-state index in [0.29, 0.717) is 29.9 Å². The maximum atomic E-state index is 14.7. The van der Waals surface area contributed by atoms with Gasteiger partial charge in [0.25, 0.3) is 0 Å². The predicted molar refractivity (Wildman–Crippen MR) is 265 cm³/mol. The average Bonchev–Trinajstić information content (AvgIpc) is 3.16. The standard InChI is InChI=1S/C57H97NO3/c1-14-15-16-17-18-19-20-21-22-23-24-25-26-27-31-34-51(59)58(45-32-29-28-30-33-45)46(37-35-43-39-47(54(2,3)4)52(60)48(40-43)55(5,6)7)38-36-44-41-49(56(8,9)10)53(61)50(42-44)57(11,12)13/h39-42,45-46,60-61H,14-38H2,1-13H3. The number of hydrogen-bond acceptors (Lipinski definition) is 3. The summed E-state index contributed by atoms with van der Waals surface area (Å²) in [6.07, 6.45) is 29.9. The van der Waals surface area contributed by atoms with Crippen LogP contribution in [0.15, 0.2) is 24.3 Å². The van der Waals surface area contributed by atoms with Crippen LogP contribution in [-0.4, -0.2) is 33.1 Å². The number of nitrogens with zero attached hydrogens (tertiary/aromatic N) is 1. The van der Waals surface area contributed by atoms with Gasteiger partial charge in [-0.1, -0.05) is 223 Å². The predicted octanol–water partition coefficient (Wildman–Crippen LogP) is 16.6. The first-order valence-corrected chi connectivity index (χ1v) is 25.6. The van der Waals surface area contributed by atoms with Crippen molar-refractivity contribution in [3.8, 4) is 11.5 Å². The molecule has 1 saturated carbocycles. The molecular weight excluding hydrogens is 747 g/mol. The molecule has 2 aromatic carbocycles. The van der Waals surface area contributed by atoms with E-state index in [9.17, 15) is 15.0 Å². The molecule has 0 spiro atoms. The largest absolute Gasteiger partial charge is 0.507 e. The number of aromatic hydroxyl groups is 2. The highest BCUT2D eigenvalue weighted by Gasteiger charge is 2.33. The first-order valence-electron chi connectivity index (χ1n) is 25.6. The SMILES string of the molecule is CCCCCCCCCCCCCCCCCC(=O)N(C1CCCCC1)C(CCc1cc(C(C)(C)C)c(O)c(C(C)(C)C)c1)CCc1cc(C(C)(C)C)c(O)c(C(C)(C)C)c1. The van der Waals surface area contributed by atoms with E-state index in [2.05, 4.69) is 119 Å². The molecule has 0 saturated heterocycles. The number of aryl methyl sites for hydroxylation is 2. The lowest BCUT2D eigenvalue weighted by molar-refractivity contribution is -0.137. The number of amides is 1. The fourth-order valence-electron chi connectivity index (χ4n) is 9.89. The van der Waals surface area contributed by atoms with Crippen LogP contribution in [0.25, 0.3) is 0 Å². The first-order chi connectivity index (χ1) is 28.6. The normalized spacial score (nSPS) is 14.6. The minimum absolute atomic E-state index is 0.113. The molecule has 348 valence electrons. The van der Waals surface area contributed by atoms with Crippen molar-refractivity contribution in [1.29, 1.82) is 0 Å². The molecular formula is C57H97NO3. The van der Waals surface area contributed by atoms with Gasteiger partial charge in [-0.2, -0.15) is 0 Å². The van der Waals surface area contributed by atoms with Crippen molar-refractivity contribution in [2.24, 2.45) is 0 Å². The summed E-state index contributed by atoms with van der Waals surface area (Å²) in [4.78, 5) is 17.1. The minimum atomic E-state index is -0.189. The fourth-order valence-corrected chi connectivity index (χ4v) is 9.89. The number of unbranched alkanes of at least 4 members (excludes halogenated alkanes) is 14. The van der Waals surface area contributed by atoms with Crippen molar-refractivity contribution >= 4 is 5.91 Å². The summed E-state index contributed by atoms with van der Waals surface area (Å²) in [5, 5.41) is 23.1. The molecule has 0 aromatic heterocycles. The fraction of sp³-hybridized carbons (Fsp3) is 0.772. The van der Waals surface area contributed by atoms with Gasteiger partial charge >= 0.3 is 0 Å². The summed E-state index contributed by atoms with van der Waals surface area (Å²) in [6.45, 7) is 28.6. The number of carbonyl (C=O) groups excluding carboxylic acids is 1. The molecule has 4 nitrogen and oxygen atoms in total. The van der Waals surface area contributed by atoms with E-state index >= 15 is 0 Å². The molecule has 1 amide bonds. The first kappa shape index (κ1) is 52.9. The summed E-state index contributed by atoms with van der Waals surface area (Å²) in [7, 11) is 0. The summed E-state index contributed by atoms with van der Waals surface area (Å²) >= 11 is 0. The number of benzene rings is 2. The van der Waals surface area contributed by atoms with Crippen LogP contribution >= 0.6 is 0 Å². The molecule has 2 aromatic rings. The van der Waals surface area contributed by atoms with Crippen LogP contribution in [0.1, 0.15) is 271 Å². The van der Waals surface area contributed by atoms with Gasteiger partial charge in [0.15, 0.2) is 0 Å². The Labute approximate surface area is 377 Å². The van der Waals surface area contributed by atoms with Gasteiger partial charge in [-0.05, 0) is 100.0 Å². The number of phenols is 2. The van der Waals surface area contributed by atoms with E-state index < -0.39 is 0 Å². The van der Waals surface area contributed by atoms with Crippen molar-refractivity contribution < 1.29 is 15.0 Å². The summed E-state index contributed by atoms with van der Waals surface area (Å²) in [5.41, 5.74) is 5.78. The number of hydrogen-bond donors (Lipinski definition) is 2. The van der Waals surface area contributed by atoms with Gasteiger partial charge < -0.3 is 15.1 Å². The molecule has 0 unspecified atom stereocenters. The van der Waals surface area contributed by atoms with Crippen LogP contribution in [-0.2, 0) is 39.3 Å². The van der Waals surface area contributed by atoms with E-state index in [-0.39, 0.29) is 27.7 Å². The lowest BCUT2D eigenvalue weighted by atomic mass is 9.77. The molecule has 0 atom stereocenters. The van der Waals surface area contributed by atoms with Gasteiger partial charge in [0, 0.05) is 18.5 Å². The summed E-state index contributed by atoms with van der Waals surface area (Å²) in [6, 6.07) is 9.39. The zero-order valence-electron chi connectivity index (χ0n) is 42.4. The minimum Gasteiger partial charge on any atom is -0.507 e. The average molecular weight is 844 g/mol. The lowest BCUT2D eigenvalue weighted by Gasteiger charge is -2.41. The Bertz CT molecular complexity index is 1430. The molecule has 1 aliphatic carbocycles. The van der Waals surface area contributed by atoms with Crippen LogP contribution in [0.4, 0.5) is 0 Å². The monoisotopic (exact) mass is 844 g/mol. The molecule has 3 rings (SSSR count). The summed E-state index contributed by atoms with van der Waals surface area (Å²) < 4.78 is 0. The van der Waals surface area contributed by atoms with Gasteiger partial charge in [-0.3, -0.25) is 4.79 Å². The van der Waals surface area contributed by atoms with Crippen LogP contribution in [0.2, 0.25) is 0 Å². The Kier molecular flexibility index (Phi) is 21.3. The third-order valence-electron chi connectivity index (χ3n) is 13.7. The number of phenolic OH excluding ortho intramolecular Hbond substituents is 2. The Hall–Kier alpha value is -2.49. The van der Waals surface area contributed by atoms with Crippen LogP contribution in [0.5, 0.6) is 11.5 Å². The molecule has 1 aliphatic rings. The van der Waals surface area contributed by atoms with E-state index in [4.69, 9.17) is 0 Å². The van der Waals surface area contributed by atoms with Gasteiger partial charge in [0.05, 0.1) is 0 Å². The van der Waals surface area contributed by atoms with E-state index in [0.717, 1.165) is 73.6 Å². The third-order valence-corrected chi connectivity index (χ3v) is 13.7. The molecule has 0 bridgehead atoms. The van der Waals surface area contributed by atoms with Crippen LogP contribution in [0.3, 0.4) is 0 Å². The van der Waals surface area contributed by atoms with Gasteiger partial charge in [-0.15, -0.1) is 0 Å². The van der Waals surface area contributed by atoms with Crippen molar-refractivity contribution in [2.45, 2.75) is 284 Å². The highest BCUT2D eigenvalue weighted by molar-refractivity contribution is 5.77. The summed E-state index contributed by atoms with van der Waals surface area (Å²) in [5.74, 6) is 1.22. The van der Waals surface area contributed by atoms with Crippen LogP contribution in [0, 0.1) is 0 Å². The molecule has 61 heavy (non-hydrogen) atoms. The van der Waals surface area contributed by atoms with E-state index in [1.165, 1.54) is 114 Å². The Balaban J connectivity index is 1.83. The highest BCUT2D eigenvalue weighted by Crippen LogP contribution is 2.42. The zero-order chi connectivity index (χ0) is 45.4. The van der Waals surface area contributed by atoms with E-state index in [1.54, 1.807) is 0 Å². The zero-order valence-corrected chi connectivity index (χ0v) is 42.4. The Morgan fingerprint density at radius 2 is 0.836 bits per heavy atom. The molecule has 0 heterocycles. The van der Waals surface area contributed by atoms with Crippen molar-refractivity contribution in [3.05, 3.63) is 57.6 Å². The van der Waals surface area contributed by atoms with Gasteiger partial charge in [0.2, 0.25) is 5.91 Å². The van der Waals surface area contributed by atoms with Crippen molar-refractivity contribution in [3.63, 3.8) is 0 Å².